The summed E-state index contributed by atoms with van der Waals surface area (Å²) >= 11 is 19.0. The first-order valence-electron chi connectivity index (χ1n) is 6.55. The summed E-state index contributed by atoms with van der Waals surface area (Å²) in [4.78, 5) is 0. The van der Waals surface area contributed by atoms with Crippen LogP contribution in [0.4, 0.5) is 0 Å². The van der Waals surface area contributed by atoms with E-state index >= 15 is 0 Å². The summed E-state index contributed by atoms with van der Waals surface area (Å²) in [7, 11) is 0. The lowest BCUT2D eigenvalue weighted by Crippen LogP contribution is -2.15. The van der Waals surface area contributed by atoms with Crippen molar-refractivity contribution in [3.63, 3.8) is 0 Å². The van der Waals surface area contributed by atoms with Crippen LogP contribution in [0.3, 0.4) is 0 Å². The second-order valence-corrected chi connectivity index (χ2v) is 6.14. The number of hydrogen-bond acceptors (Lipinski definition) is 2. The van der Waals surface area contributed by atoms with Crippen LogP contribution in [-0.2, 0) is 0 Å². The van der Waals surface area contributed by atoms with Gasteiger partial charge < -0.3 is 9.47 Å². The normalized spacial score (nSPS) is 14.9. The maximum atomic E-state index is 6.58. The fraction of sp³-hybridized carbons (Fsp3) is 0.250. The molecule has 0 aliphatic carbocycles. The van der Waals surface area contributed by atoms with Gasteiger partial charge in [-0.15, -0.1) is 11.6 Å². The zero-order chi connectivity index (χ0) is 15.0. The summed E-state index contributed by atoms with van der Waals surface area (Å²) in [6, 6.07) is 9.31. The van der Waals surface area contributed by atoms with Gasteiger partial charge in [-0.25, -0.2) is 0 Å². The van der Waals surface area contributed by atoms with E-state index in [1.807, 2.05) is 31.2 Å². The molecule has 1 aliphatic heterocycles. The van der Waals surface area contributed by atoms with Crippen LogP contribution in [0.1, 0.15) is 22.1 Å². The Morgan fingerprint density at radius 3 is 2.29 bits per heavy atom. The number of fused-ring (bicyclic) bond motifs is 1. The van der Waals surface area contributed by atoms with E-state index in [0.717, 1.165) is 21.7 Å². The van der Waals surface area contributed by atoms with Gasteiger partial charge >= 0.3 is 0 Å². The van der Waals surface area contributed by atoms with Crippen LogP contribution in [0.5, 0.6) is 11.5 Å². The molecule has 0 aromatic heterocycles. The van der Waals surface area contributed by atoms with Crippen LogP contribution in [0.2, 0.25) is 10.0 Å². The van der Waals surface area contributed by atoms with Crippen molar-refractivity contribution in [2.24, 2.45) is 0 Å². The molecular formula is C16H13Cl3O2. The van der Waals surface area contributed by atoms with Crippen LogP contribution in [0, 0.1) is 6.92 Å². The average molecular weight is 344 g/mol. The lowest BCUT2D eigenvalue weighted by atomic mass is 10.0. The Kier molecular flexibility index (Phi) is 4.21. The SMILES string of the molecule is Cc1cc(C(Cl)c2cc3c(cc2Cl)OCCO3)ccc1Cl. The van der Waals surface area contributed by atoms with E-state index in [9.17, 15) is 0 Å². The van der Waals surface area contributed by atoms with Gasteiger partial charge in [0.05, 0.1) is 5.38 Å². The van der Waals surface area contributed by atoms with E-state index in [2.05, 4.69) is 0 Å². The minimum absolute atomic E-state index is 0.371. The summed E-state index contributed by atoms with van der Waals surface area (Å²) < 4.78 is 11.1. The van der Waals surface area contributed by atoms with Gasteiger partial charge in [0.15, 0.2) is 11.5 Å². The van der Waals surface area contributed by atoms with E-state index in [-0.39, 0.29) is 5.38 Å². The molecule has 0 radical (unpaired) electrons. The molecule has 0 saturated carbocycles. The van der Waals surface area contributed by atoms with E-state index < -0.39 is 0 Å². The zero-order valence-corrected chi connectivity index (χ0v) is 13.6. The standard InChI is InChI=1S/C16H13Cl3O2/c1-9-6-10(2-3-12(9)17)16(19)11-7-14-15(8-13(11)18)21-5-4-20-14/h2-3,6-8,16H,4-5H2,1H3. The number of halogens is 3. The highest BCUT2D eigenvalue weighted by Crippen LogP contribution is 2.41. The number of benzene rings is 2. The largest absolute Gasteiger partial charge is 0.486 e. The molecule has 21 heavy (non-hydrogen) atoms. The molecule has 1 unspecified atom stereocenters. The van der Waals surface area contributed by atoms with Crippen LogP contribution >= 0.6 is 34.8 Å². The maximum absolute atomic E-state index is 6.58. The van der Waals surface area contributed by atoms with Gasteiger partial charge in [-0.05, 0) is 35.7 Å². The van der Waals surface area contributed by atoms with Crippen molar-refractivity contribution < 1.29 is 9.47 Å². The molecule has 2 aromatic rings. The molecule has 1 heterocycles. The second kappa shape index (κ2) is 5.96. The number of aryl methyl sites for hydroxylation is 1. The molecule has 0 bridgehead atoms. The Hall–Kier alpha value is -1.09. The van der Waals surface area contributed by atoms with Gasteiger partial charge in [0.1, 0.15) is 13.2 Å². The van der Waals surface area contributed by atoms with Crippen molar-refractivity contribution in [1.82, 2.24) is 0 Å². The Balaban J connectivity index is 2.00. The highest BCUT2D eigenvalue weighted by Gasteiger charge is 2.20. The number of rotatable bonds is 2. The number of ether oxygens (including phenoxy) is 2. The van der Waals surface area contributed by atoms with Crippen molar-refractivity contribution in [1.29, 1.82) is 0 Å². The average Bonchev–Trinajstić information content (AvgIpc) is 2.48. The Bertz CT molecular complexity index is 685. The summed E-state index contributed by atoms with van der Waals surface area (Å²) in [6.07, 6.45) is 0. The van der Waals surface area contributed by atoms with Gasteiger partial charge in [-0.3, -0.25) is 0 Å². The summed E-state index contributed by atoms with van der Waals surface area (Å²) in [6.45, 7) is 3.01. The first kappa shape index (κ1) is 14.8. The first-order chi connectivity index (χ1) is 10.1. The monoisotopic (exact) mass is 342 g/mol. The summed E-state index contributed by atoms with van der Waals surface area (Å²) in [5, 5.41) is 0.909. The van der Waals surface area contributed by atoms with E-state index in [1.54, 1.807) is 6.07 Å². The molecule has 0 N–H and O–H groups in total. The molecule has 0 saturated heterocycles. The van der Waals surface area contributed by atoms with Gasteiger partial charge in [-0.2, -0.15) is 0 Å². The van der Waals surface area contributed by atoms with Crippen LogP contribution in [-0.4, -0.2) is 13.2 Å². The Morgan fingerprint density at radius 1 is 0.952 bits per heavy atom. The molecular weight excluding hydrogens is 331 g/mol. The quantitative estimate of drug-likeness (QED) is 0.680. The summed E-state index contributed by atoms with van der Waals surface area (Å²) in [5.41, 5.74) is 2.72. The van der Waals surface area contributed by atoms with Crippen molar-refractivity contribution in [2.45, 2.75) is 12.3 Å². The zero-order valence-electron chi connectivity index (χ0n) is 11.3. The fourth-order valence-electron chi connectivity index (χ4n) is 2.28. The molecule has 1 aliphatic rings. The minimum Gasteiger partial charge on any atom is -0.486 e. The lowest BCUT2D eigenvalue weighted by molar-refractivity contribution is 0.171. The molecule has 110 valence electrons. The Morgan fingerprint density at radius 2 is 1.62 bits per heavy atom. The molecule has 0 fully saturated rings. The lowest BCUT2D eigenvalue weighted by Gasteiger charge is -2.21. The number of alkyl halides is 1. The fourth-order valence-corrected chi connectivity index (χ4v) is 3.03. The van der Waals surface area contributed by atoms with Gasteiger partial charge in [-0.1, -0.05) is 35.3 Å². The van der Waals surface area contributed by atoms with Crippen LogP contribution in [0.25, 0.3) is 0 Å². The third-order valence-corrected chi connectivity index (χ3v) is 4.65. The van der Waals surface area contributed by atoms with Gasteiger partial charge in [0.2, 0.25) is 0 Å². The highest BCUT2D eigenvalue weighted by atomic mass is 35.5. The van der Waals surface area contributed by atoms with Crippen molar-refractivity contribution in [3.8, 4) is 11.5 Å². The van der Waals surface area contributed by atoms with Gasteiger partial charge in [0.25, 0.3) is 0 Å². The van der Waals surface area contributed by atoms with Crippen LogP contribution < -0.4 is 9.47 Å². The van der Waals surface area contributed by atoms with Crippen molar-refractivity contribution in [2.75, 3.05) is 13.2 Å². The molecule has 2 nitrogen and oxygen atoms in total. The Labute approximate surface area is 138 Å². The summed E-state index contributed by atoms with van der Waals surface area (Å²) in [5.74, 6) is 1.34. The maximum Gasteiger partial charge on any atom is 0.162 e. The third-order valence-electron chi connectivity index (χ3n) is 3.41. The van der Waals surface area contributed by atoms with E-state index in [1.165, 1.54) is 0 Å². The van der Waals surface area contributed by atoms with E-state index in [4.69, 9.17) is 44.3 Å². The third kappa shape index (κ3) is 2.94. The smallest absolute Gasteiger partial charge is 0.162 e. The molecule has 1 atom stereocenters. The minimum atomic E-state index is -0.371. The van der Waals surface area contributed by atoms with Gasteiger partial charge in [0, 0.05) is 16.1 Å². The van der Waals surface area contributed by atoms with Crippen molar-refractivity contribution >= 4 is 34.8 Å². The van der Waals surface area contributed by atoms with Crippen molar-refractivity contribution in [3.05, 3.63) is 57.1 Å². The molecule has 0 spiro atoms. The topological polar surface area (TPSA) is 18.5 Å². The molecule has 5 heteroatoms. The molecule has 0 amide bonds. The predicted molar refractivity (Wildman–Crippen MR) is 86.3 cm³/mol. The van der Waals surface area contributed by atoms with E-state index in [0.29, 0.717) is 29.7 Å². The highest BCUT2D eigenvalue weighted by molar-refractivity contribution is 6.33. The second-order valence-electron chi connectivity index (χ2n) is 4.89. The van der Waals surface area contributed by atoms with Crippen LogP contribution in [0.15, 0.2) is 30.3 Å². The predicted octanol–water partition coefficient (Wildman–Crippen LogP) is 5.40. The molecule has 2 aromatic carbocycles. The number of hydrogen-bond donors (Lipinski definition) is 0. The first-order valence-corrected chi connectivity index (χ1v) is 7.74. The molecule has 3 rings (SSSR count).